The third-order valence-electron chi connectivity index (χ3n) is 4.25. The molecule has 21 heavy (non-hydrogen) atoms. The minimum absolute atomic E-state index is 0.598. The maximum absolute atomic E-state index is 5.73. The van der Waals surface area contributed by atoms with Crippen LogP contribution in [0, 0.1) is 0 Å². The van der Waals surface area contributed by atoms with Gasteiger partial charge in [0.2, 0.25) is 0 Å². The molecule has 1 aliphatic rings. The van der Waals surface area contributed by atoms with Gasteiger partial charge in [-0.05, 0) is 35.2 Å². The third kappa shape index (κ3) is 2.21. The number of hydrogen-bond acceptors (Lipinski definition) is 2. The predicted molar refractivity (Wildman–Crippen MR) is 85.0 cm³/mol. The van der Waals surface area contributed by atoms with Crippen LogP contribution in [-0.2, 0) is 13.0 Å². The lowest BCUT2D eigenvalue weighted by atomic mass is 9.78. The first-order chi connectivity index (χ1) is 10.3. The van der Waals surface area contributed by atoms with Crippen LogP contribution >= 0.6 is 0 Å². The molecule has 4 rings (SSSR count). The standard InChI is InChI=1S/C18H17N3/c19-17-7-5-13(6-8-17)16-10-20-21(12-16)11-15-9-14-3-1-2-4-18(14)15/h1-8,10,12,15H,9,11,19H2. The van der Waals surface area contributed by atoms with Crippen molar-refractivity contribution in [3.63, 3.8) is 0 Å². The van der Waals surface area contributed by atoms with Crippen LogP contribution in [-0.4, -0.2) is 9.78 Å². The molecular formula is C18H17N3. The van der Waals surface area contributed by atoms with Crippen LogP contribution in [0.2, 0.25) is 0 Å². The van der Waals surface area contributed by atoms with Crippen LogP contribution in [0.1, 0.15) is 17.0 Å². The Morgan fingerprint density at radius 3 is 2.67 bits per heavy atom. The summed E-state index contributed by atoms with van der Waals surface area (Å²) in [7, 11) is 0. The Balaban J connectivity index is 1.52. The zero-order valence-corrected chi connectivity index (χ0v) is 11.7. The van der Waals surface area contributed by atoms with Gasteiger partial charge in [-0.3, -0.25) is 4.68 Å². The van der Waals surface area contributed by atoms with Gasteiger partial charge in [-0.1, -0.05) is 36.4 Å². The van der Waals surface area contributed by atoms with Gasteiger partial charge in [0.25, 0.3) is 0 Å². The molecule has 1 aromatic heterocycles. The van der Waals surface area contributed by atoms with Gasteiger partial charge in [-0.2, -0.15) is 5.10 Å². The van der Waals surface area contributed by atoms with Crippen molar-refractivity contribution < 1.29 is 0 Å². The Morgan fingerprint density at radius 2 is 1.86 bits per heavy atom. The van der Waals surface area contributed by atoms with Gasteiger partial charge >= 0.3 is 0 Å². The fraction of sp³-hybridized carbons (Fsp3) is 0.167. The summed E-state index contributed by atoms with van der Waals surface area (Å²) < 4.78 is 2.05. The van der Waals surface area contributed by atoms with Crippen LogP contribution in [0.4, 0.5) is 5.69 Å². The highest BCUT2D eigenvalue weighted by Gasteiger charge is 2.25. The lowest BCUT2D eigenvalue weighted by molar-refractivity contribution is 0.475. The van der Waals surface area contributed by atoms with E-state index in [0.717, 1.165) is 29.8 Å². The average Bonchev–Trinajstić information content (AvgIpc) is 2.94. The first-order valence-electron chi connectivity index (χ1n) is 7.26. The summed E-state index contributed by atoms with van der Waals surface area (Å²) in [4.78, 5) is 0. The van der Waals surface area contributed by atoms with E-state index < -0.39 is 0 Å². The number of nitrogens with two attached hydrogens (primary N) is 1. The zero-order valence-electron chi connectivity index (χ0n) is 11.7. The molecule has 0 spiro atoms. The normalized spacial score (nSPS) is 16.3. The number of aromatic nitrogens is 2. The second-order valence-electron chi connectivity index (χ2n) is 5.67. The Kier molecular flexibility index (Phi) is 2.78. The van der Waals surface area contributed by atoms with E-state index in [9.17, 15) is 0 Å². The highest BCUT2D eigenvalue weighted by molar-refractivity contribution is 5.64. The Bertz CT molecular complexity index is 771. The molecule has 3 heteroatoms. The van der Waals surface area contributed by atoms with E-state index in [2.05, 4.69) is 35.6 Å². The number of benzene rings is 2. The summed E-state index contributed by atoms with van der Waals surface area (Å²) in [6, 6.07) is 16.6. The molecule has 0 fully saturated rings. The van der Waals surface area contributed by atoms with Crippen molar-refractivity contribution >= 4 is 5.69 Å². The number of fused-ring (bicyclic) bond motifs is 1. The lowest BCUT2D eigenvalue weighted by Gasteiger charge is -2.29. The predicted octanol–water partition coefficient (Wildman–Crippen LogP) is 3.47. The average molecular weight is 275 g/mol. The minimum Gasteiger partial charge on any atom is -0.399 e. The van der Waals surface area contributed by atoms with Crippen molar-refractivity contribution in [2.75, 3.05) is 5.73 Å². The van der Waals surface area contributed by atoms with E-state index in [4.69, 9.17) is 5.73 Å². The van der Waals surface area contributed by atoms with Crippen molar-refractivity contribution in [2.45, 2.75) is 18.9 Å². The van der Waals surface area contributed by atoms with E-state index >= 15 is 0 Å². The van der Waals surface area contributed by atoms with Gasteiger partial charge in [0, 0.05) is 29.9 Å². The largest absolute Gasteiger partial charge is 0.399 e. The summed E-state index contributed by atoms with van der Waals surface area (Å²) in [5.74, 6) is 0.598. The second kappa shape index (κ2) is 4.77. The molecular weight excluding hydrogens is 258 g/mol. The summed E-state index contributed by atoms with van der Waals surface area (Å²) in [6.07, 6.45) is 5.20. The Hall–Kier alpha value is -2.55. The van der Waals surface area contributed by atoms with Crippen LogP contribution in [0.5, 0.6) is 0 Å². The summed E-state index contributed by atoms with van der Waals surface area (Å²) >= 11 is 0. The molecule has 1 aliphatic carbocycles. The topological polar surface area (TPSA) is 43.8 Å². The van der Waals surface area contributed by atoms with E-state index in [0.29, 0.717) is 5.92 Å². The van der Waals surface area contributed by atoms with Gasteiger partial charge in [-0.15, -0.1) is 0 Å². The molecule has 0 amide bonds. The fourth-order valence-corrected chi connectivity index (χ4v) is 3.04. The number of hydrogen-bond donors (Lipinski definition) is 1. The summed E-state index contributed by atoms with van der Waals surface area (Å²) in [6.45, 7) is 0.950. The van der Waals surface area contributed by atoms with E-state index in [1.165, 1.54) is 11.1 Å². The lowest BCUT2D eigenvalue weighted by Crippen LogP contribution is -2.22. The highest BCUT2D eigenvalue weighted by Crippen LogP contribution is 2.36. The molecule has 0 saturated carbocycles. The maximum Gasteiger partial charge on any atom is 0.0568 e. The Morgan fingerprint density at radius 1 is 1.05 bits per heavy atom. The molecule has 104 valence electrons. The Labute approximate surface area is 124 Å². The fourth-order valence-electron chi connectivity index (χ4n) is 3.04. The van der Waals surface area contributed by atoms with Crippen molar-refractivity contribution in [3.05, 3.63) is 72.1 Å². The van der Waals surface area contributed by atoms with Gasteiger partial charge < -0.3 is 5.73 Å². The molecule has 1 heterocycles. The van der Waals surface area contributed by atoms with Crippen LogP contribution in [0.15, 0.2) is 60.9 Å². The number of nitrogens with zero attached hydrogens (tertiary/aromatic N) is 2. The maximum atomic E-state index is 5.73. The first kappa shape index (κ1) is 12.2. The molecule has 2 aromatic carbocycles. The number of nitrogen functional groups attached to an aromatic ring is 1. The third-order valence-corrected chi connectivity index (χ3v) is 4.25. The number of anilines is 1. The smallest absolute Gasteiger partial charge is 0.0568 e. The summed E-state index contributed by atoms with van der Waals surface area (Å²) in [5, 5.41) is 4.50. The van der Waals surface area contributed by atoms with E-state index in [-0.39, 0.29) is 0 Å². The molecule has 2 N–H and O–H groups in total. The van der Waals surface area contributed by atoms with Crippen LogP contribution in [0.25, 0.3) is 11.1 Å². The zero-order chi connectivity index (χ0) is 14.2. The summed E-state index contributed by atoms with van der Waals surface area (Å²) in [5.41, 5.74) is 11.8. The van der Waals surface area contributed by atoms with Crippen molar-refractivity contribution in [1.29, 1.82) is 0 Å². The molecule has 0 saturated heterocycles. The van der Waals surface area contributed by atoms with Crippen molar-refractivity contribution in [1.82, 2.24) is 9.78 Å². The highest BCUT2D eigenvalue weighted by atomic mass is 15.3. The second-order valence-corrected chi connectivity index (χ2v) is 5.67. The quantitative estimate of drug-likeness (QED) is 0.744. The van der Waals surface area contributed by atoms with E-state index in [1.807, 2.05) is 35.1 Å². The van der Waals surface area contributed by atoms with Gasteiger partial charge in [-0.25, -0.2) is 0 Å². The molecule has 0 aliphatic heterocycles. The van der Waals surface area contributed by atoms with Crippen molar-refractivity contribution in [2.24, 2.45) is 0 Å². The van der Waals surface area contributed by atoms with Crippen LogP contribution < -0.4 is 5.73 Å². The molecule has 1 atom stereocenters. The van der Waals surface area contributed by atoms with Gasteiger partial charge in [0.15, 0.2) is 0 Å². The molecule has 1 unspecified atom stereocenters. The molecule has 3 nitrogen and oxygen atoms in total. The minimum atomic E-state index is 0.598. The van der Waals surface area contributed by atoms with Gasteiger partial charge in [0.1, 0.15) is 0 Å². The SMILES string of the molecule is Nc1ccc(-c2cnn(CC3Cc4ccccc43)c2)cc1. The first-order valence-corrected chi connectivity index (χ1v) is 7.26. The van der Waals surface area contributed by atoms with Gasteiger partial charge in [0.05, 0.1) is 6.20 Å². The molecule has 3 aromatic rings. The monoisotopic (exact) mass is 275 g/mol. The molecule has 0 bridgehead atoms. The van der Waals surface area contributed by atoms with E-state index in [1.54, 1.807) is 0 Å². The van der Waals surface area contributed by atoms with Crippen molar-refractivity contribution in [3.8, 4) is 11.1 Å². The number of rotatable bonds is 3. The molecule has 0 radical (unpaired) electrons. The van der Waals surface area contributed by atoms with Crippen LogP contribution in [0.3, 0.4) is 0 Å².